The van der Waals surface area contributed by atoms with Crippen LogP contribution in [0.2, 0.25) is 0 Å². The molecule has 0 radical (unpaired) electrons. The van der Waals surface area contributed by atoms with E-state index in [0.29, 0.717) is 17.5 Å². The first-order valence-corrected chi connectivity index (χ1v) is 20.0. The molecule has 8 aromatic carbocycles. The normalized spacial score (nSPS) is 12.7. The van der Waals surface area contributed by atoms with Crippen LogP contribution in [0.15, 0.2) is 199 Å². The zero-order chi connectivity index (χ0) is 39.5. The van der Waals surface area contributed by atoms with E-state index in [4.69, 9.17) is 19.4 Å². The minimum Gasteiger partial charge on any atom is -0.456 e. The highest BCUT2D eigenvalue weighted by Crippen LogP contribution is 2.52. The van der Waals surface area contributed by atoms with Crippen LogP contribution in [0.3, 0.4) is 0 Å². The Labute approximate surface area is 342 Å². The molecule has 0 saturated heterocycles. The predicted molar refractivity (Wildman–Crippen MR) is 241 cm³/mol. The molecule has 0 N–H and O–H groups in total. The van der Waals surface area contributed by atoms with Crippen LogP contribution in [0, 0.1) is 0 Å². The largest absolute Gasteiger partial charge is 0.456 e. The maximum absolute atomic E-state index is 6.74. The fourth-order valence-electron chi connectivity index (χ4n) is 8.77. The first-order chi connectivity index (χ1) is 29.0. The second-order valence-corrected chi connectivity index (χ2v) is 15.7. The molecule has 2 aromatic heterocycles. The highest BCUT2D eigenvalue weighted by Gasteiger charge is 2.36. The van der Waals surface area contributed by atoms with Gasteiger partial charge in [-0.3, -0.25) is 0 Å². The predicted octanol–water partition coefficient (Wildman–Crippen LogP) is 14.2. The Morgan fingerprint density at radius 2 is 0.932 bits per heavy atom. The fourth-order valence-corrected chi connectivity index (χ4v) is 8.77. The molecular weight excluding hydrogens is 721 g/mol. The SMILES string of the molecule is CC1(C)c2ccccc2-c2ccc(N(c3ccc(-c4ccccc4)cc3)c3cc(-c4nc(-c5ccccc5)nc(-c5ccccc5)n4)cc4oc5ccccc5c34)cc21. The number of fused-ring (bicyclic) bond motifs is 6. The molecule has 1 aliphatic carbocycles. The molecule has 280 valence electrons. The van der Waals surface area contributed by atoms with Crippen molar-refractivity contribution in [3.8, 4) is 56.4 Å². The second kappa shape index (κ2) is 13.8. The molecule has 0 unspecified atom stereocenters. The average molecular weight is 759 g/mol. The van der Waals surface area contributed by atoms with Gasteiger partial charge in [0.25, 0.3) is 0 Å². The molecule has 0 atom stereocenters. The van der Waals surface area contributed by atoms with E-state index in [1.165, 1.54) is 27.8 Å². The Hall–Kier alpha value is -7.63. The van der Waals surface area contributed by atoms with Crippen LogP contribution in [-0.2, 0) is 5.41 Å². The summed E-state index contributed by atoms with van der Waals surface area (Å²) in [6.45, 7) is 4.66. The molecular formula is C54H38N4O. The summed E-state index contributed by atoms with van der Waals surface area (Å²) in [5, 5.41) is 2.05. The van der Waals surface area contributed by atoms with Gasteiger partial charge in [-0.1, -0.05) is 166 Å². The quantitative estimate of drug-likeness (QED) is 0.162. The molecule has 0 bridgehead atoms. The Kier molecular flexibility index (Phi) is 8.09. The van der Waals surface area contributed by atoms with Gasteiger partial charge in [-0.25, -0.2) is 15.0 Å². The summed E-state index contributed by atoms with van der Waals surface area (Å²) in [5.41, 5.74) is 14.6. The summed E-state index contributed by atoms with van der Waals surface area (Å²) in [7, 11) is 0. The molecule has 0 fully saturated rings. The fraction of sp³-hybridized carbons (Fsp3) is 0.0556. The van der Waals surface area contributed by atoms with Gasteiger partial charge in [-0.15, -0.1) is 0 Å². The second-order valence-electron chi connectivity index (χ2n) is 15.7. The van der Waals surface area contributed by atoms with Gasteiger partial charge in [0.1, 0.15) is 11.2 Å². The van der Waals surface area contributed by atoms with Crippen molar-refractivity contribution in [1.29, 1.82) is 0 Å². The number of hydrogen-bond acceptors (Lipinski definition) is 5. The van der Waals surface area contributed by atoms with Gasteiger partial charge in [0.15, 0.2) is 17.5 Å². The minimum atomic E-state index is -0.184. The summed E-state index contributed by atoms with van der Waals surface area (Å²) in [6.07, 6.45) is 0. The van der Waals surface area contributed by atoms with Crippen molar-refractivity contribution in [3.05, 3.63) is 205 Å². The van der Waals surface area contributed by atoms with Crippen molar-refractivity contribution in [2.45, 2.75) is 19.3 Å². The third-order valence-electron chi connectivity index (χ3n) is 11.7. The molecule has 5 heteroatoms. The van der Waals surface area contributed by atoms with Gasteiger partial charge >= 0.3 is 0 Å². The molecule has 1 aliphatic rings. The van der Waals surface area contributed by atoms with Crippen molar-refractivity contribution in [1.82, 2.24) is 15.0 Å². The van der Waals surface area contributed by atoms with Crippen molar-refractivity contribution in [2.24, 2.45) is 0 Å². The van der Waals surface area contributed by atoms with E-state index in [9.17, 15) is 0 Å². The number of anilines is 3. The van der Waals surface area contributed by atoms with Crippen molar-refractivity contribution in [2.75, 3.05) is 4.90 Å². The molecule has 0 amide bonds. The zero-order valence-electron chi connectivity index (χ0n) is 32.7. The Bertz CT molecular complexity index is 3120. The zero-order valence-corrected chi connectivity index (χ0v) is 32.7. The third-order valence-corrected chi connectivity index (χ3v) is 11.7. The van der Waals surface area contributed by atoms with Crippen molar-refractivity contribution in [3.63, 3.8) is 0 Å². The van der Waals surface area contributed by atoms with Crippen LogP contribution in [0.4, 0.5) is 17.1 Å². The standard InChI is InChI=1S/C54H38N4O/c1-54(2)45-24-14-12-22-42(45)43-31-30-41(34-46(43)54)58(40-28-26-36(27-29-40)35-16-6-3-7-17-35)47-32-39(33-49-50(47)44-23-13-15-25-48(44)59-49)53-56-51(37-18-8-4-9-19-37)55-52(57-53)38-20-10-5-11-21-38/h3-34H,1-2H3. The number of aromatic nitrogens is 3. The number of furan rings is 1. The topological polar surface area (TPSA) is 55.1 Å². The maximum atomic E-state index is 6.74. The highest BCUT2D eigenvalue weighted by molar-refractivity contribution is 6.14. The third kappa shape index (κ3) is 5.90. The van der Waals surface area contributed by atoms with E-state index in [1.807, 2.05) is 72.8 Å². The summed E-state index contributed by atoms with van der Waals surface area (Å²) in [4.78, 5) is 17.7. The summed E-state index contributed by atoms with van der Waals surface area (Å²) in [5.74, 6) is 1.77. The van der Waals surface area contributed by atoms with Gasteiger partial charge in [-0.2, -0.15) is 0 Å². The van der Waals surface area contributed by atoms with Crippen LogP contribution in [-0.4, -0.2) is 15.0 Å². The Balaban J connectivity index is 1.18. The lowest BCUT2D eigenvalue weighted by Gasteiger charge is -2.29. The van der Waals surface area contributed by atoms with Crippen LogP contribution in [0.1, 0.15) is 25.0 Å². The van der Waals surface area contributed by atoms with Crippen LogP contribution in [0.25, 0.3) is 78.4 Å². The van der Waals surface area contributed by atoms with Crippen molar-refractivity contribution < 1.29 is 4.42 Å². The van der Waals surface area contributed by atoms with Gasteiger partial charge in [0, 0.05) is 38.9 Å². The lowest BCUT2D eigenvalue weighted by Crippen LogP contribution is -2.16. The van der Waals surface area contributed by atoms with Crippen molar-refractivity contribution >= 4 is 39.0 Å². The summed E-state index contributed by atoms with van der Waals surface area (Å²) >= 11 is 0. The van der Waals surface area contributed by atoms with Gasteiger partial charge in [0.2, 0.25) is 0 Å². The molecule has 5 nitrogen and oxygen atoms in total. The van der Waals surface area contributed by atoms with E-state index < -0.39 is 0 Å². The monoisotopic (exact) mass is 758 g/mol. The molecule has 2 heterocycles. The molecule has 10 aromatic rings. The van der Waals surface area contributed by atoms with E-state index >= 15 is 0 Å². The first kappa shape index (κ1) is 34.6. The molecule has 59 heavy (non-hydrogen) atoms. The van der Waals surface area contributed by atoms with E-state index in [0.717, 1.165) is 61.3 Å². The average Bonchev–Trinajstić information content (AvgIpc) is 3.79. The number of hydrogen-bond donors (Lipinski definition) is 0. The van der Waals surface area contributed by atoms with E-state index in [1.54, 1.807) is 0 Å². The molecule has 0 aliphatic heterocycles. The first-order valence-electron chi connectivity index (χ1n) is 20.0. The van der Waals surface area contributed by atoms with Gasteiger partial charge in [-0.05, 0) is 75.8 Å². The van der Waals surface area contributed by atoms with Crippen LogP contribution < -0.4 is 4.90 Å². The lowest BCUT2D eigenvalue weighted by atomic mass is 9.82. The van der Waals surface area contributed by atoms with Crippen LogP contribution in [0.5, 0.6) is 0 Å². The van der Waals surface area contributed by atoms with E-state index in [-0.39, 0.29) is 5.41 Å². The minimum absolute atomic E-state index is 0.184. The lowest BCUT2D eigenvalue weighted by molar-refractivity contribution is 0.660. The number of rotatable bonds is 7. The summed E-state index contributed by atoms with van der Waals surface area (Å²) < 4.78 is 6.74. The van der Waals surface area contributed by atoms with Gasteiger partial charge < -0.3 is 9.32 Å². The highest BCUT2D eigenvalue weighted by atomic mass is 16.3. The van der Waals surface area contributed by atoms with E-state index in [2.05, 4.69) is 140 Å². The molecule has 0 saturated carbocycles. The Morgan fingerprint density at radius 3 is 1.61 bits per heavy atom. The number of benzene rings is 8. The molecule has 11 rings (SSSR count). The summed E-state index contributed by atoms with van der Waals surface area (Å²) in [6, 6.07) is 67.9. The van der Waals surface area contributed by atoms with Gasteiger partial charge in [0.05, 0.1) is 11.1 Å². The van der Waals surface area contributed by atoms with Crippen LogP contribution >= 0.6 is 0 Å². The maximum Gasteiger partial charge on any atom is 0.164 e. The number of para-hydroxylation sites is 1. The Morgan fingerprint density at radius 1 is 0.407 bits per heavy atom. The number of nitrogens with zero attached hydrogens (tertiary/aromatic N) is 4. The smallest absolute Gasteiger partial charge is 0.164 e. The molecule has 0 spiro atoms.